The molecule has 0 amide bonds. The highest BCUT2D eigenvalue weighted by Crippen LogP contribution is 2.21. The number of nitrogens with zero attached hydrogens (tertiary/aromatic N) is 4. The molecule has 4 heteroatoms. The molecule has 0 N–H and O–H groups in total. The first-order valence-electron chi connectivity index (χ1n) is 5.54. The van der Waals surface area contributed by atoms with Gasteiger partial charge in [0, 0.05) is 29.9 Å². The third kappa shape index (κ3) is 2.68. The van der Waals surface area contributed by atoms with E-state index in [9.17, 15) is 0 Å². The van der Waals surface area contributed by atoms with Gasteiger partial charge in [0.1, 0.15) is 0 Å². The molecule has 0 fully saturated rings. The zero-order valence-electron chi connectivity index (χ0n) is 9.74. The standard InChI is InChI=1S/C13H14N4/c1-11-9-13(12-5-3-2-4-6-12)10-17(11)8-7-15-16-14/h2-6,9-10H,7-8H2,1H3. The molecule has 0 bridgehead atoms. The monoisotopic (exact) mass is 226 g/mol. The molecule has 17 heavy (non-hydrogen) atoms. The van der Waals surface area contributed by atoms with Gasteiger partial charge >= 0.3 is 0 Å². The van der Waals surface area contributed by atoms with Crippen molar-refractivity contribution in [1.29, 1.82) is 0 Å². The van der Waals surface area contributed by atoms with Crippen molar-refractivity contribution in [3.8, 4) is 11.1 Å². The minimum atomic E-state index is 0.486. The Morgan fingerprint density at radius 2 is 2.00 bits per heavy atom. The lowest BCUT2D eigenvalue weighted by Gasteiger charge is -2.01. The molecule has 1 aromatic heterocycles. The molecule has 0 atom stereocenters. The van der Waals surface area contributed by atoms with Crippen LogP contribution >= 0.6 is 0 Å². The number of hydrogen-bond donors (Lipinski definition) is 0. The second-order valence-electron chi connectivity index (χ2n) is 3.88. The topological polar surface area (TPSA) is 53.7 Å². The minimum Gasteiger partial charge on any atom is -0.351 e. The number of hydrogen-bond acceptors (Lipinski definition) is 1. The van der Waals surface area contributed by atoms with Gasteiger partial charge in [0.15, 0.2) is 0 Å². The summed E-state index contributed by atoms with van der Waals surface area (Å²) in [6.07, 6.45) is 2.09. The zero-order chi connectivity index (χ0) is 12.1. The maximum Gasteiger partial charge on any atom is 0.0438 e. The zero-order valence-corrected chi connectivity index (χ0v) is 9.74. The number of aromatic nitrogens is 1. The summed E-state index contributed by atoms with van der Waals surface area (Å²) in [5, 5.41) is 3.55. The summed E-state index contributed by atoms with van der Waals surface area (Å²) in [7, 11) is 0. The van der Waals surface area contributed by atoms with Crippen molar-refractivity contribution in [3.05, 3.63) is 58.7 Å². The van der Waals surface area contributed by atoms with Gasteiger partial charge in [-0.15, -0.1) is 0 Å². The Kier molecular flexibility index (Phi) is 3.48. The molecule has 0 spiro atoms. The van der Waals surface area contributed by atoms with Gasteiger partial charge in [0.05, 0.1) is 0 Å². The molecule has 86 valence electrons. The smallest absolute Gasteiger partial charge is 0.0438 e. The van der Waals surface area contributed by atoms with Crippen molar-refractivity contribution in [2.75, 3.05) is 6.54 Å². The largest absolute Gasteiger partial charge is 0.351 e. The molecule has 0 aliphatic rings. The lowest BCUT2D eigenvalue weighted by molar-refractivity contribution is 0.692. The number of azide groups is 1. The molecule has 0 saturated carbocycles. The maximum atomic E-state index is 8.25. The highest BCUT2D eigenvalue weighted by molar-refractivity contribution is 5.63. The molecule has 0 aliphatic carbocycles. The number of aryl methyl sites for hydroxylation is 1. The Bertz CT molecular complexity index is 536. The summed E-state index contributed by atoms with van der Waals surface area (Å²) < 4.78 is 2.11. The Labute approximate surface area is 100 Å². The molecule has 0 saturated heterocycles. The van der Waals surface area contributed by atoms with E-state index in [1.807, 2.05) is 18.2 Å². The van der Waals surface area contributed by atoms with Crippen LogP contribution in [0.2, 0.25) is 0 Å². The van der Waals surface area contributed by atoms with E-state index in [1.54, 1.807) is 0 Å². The van der Waals surface area contributed by atoms with Crippen LogP contribution in [0.15, 0.2) is 47.7 Å². The SMILES string of the molecule is Cc1cc(-c2ccccc2)cn1CCN=[N+]=[N-]. The van der Waals surface area contributed by atoms with Gasteiger partial charge in [-0.1, -0.05) is 35.4 Å². The predicted octanol–water partition coefficient (Wildman–Crippen LogP) is 3.77. The predicted molar refractivity (Wildman–Crippen MR) is 68.6 cm³/mol. The molecule has 2 rings (SSSR count). The quantitative estimate of drug-likeness (QED) is 0.433. The second-order valence-corrected chi connectivity index (χ2v) is 3.88. The summed E-state index contributed by atoms with van der Waals surface area (Å²) in [6, 6.07) is 12.4. The Hall–Kier alpha value is -2.19. The van der Waals surface area contributed by atoms with Crippen LogP contribution in [0.3, 0.4) is 0 Å². The molecular weight excluding hydrogens is 212 g/mol. The molecule has 1 aromatic carbocycles. The molecular formula is C13H14N4. The molecule has 0 unspecified atom stereocenters. The van der Waals surface area contributed by atoms with E-state index in [-0.39, 0.29) is 0 Å². The van der Waals surface area contributed by atoms with Crippen molar-refractivity contribution in [1.82, 2.24) is 4.57 Å². The summed E-state index contributed by atoms with van der Waals surface area (Å²) >= 11 is 0. The fourth-order valence-corrected chi connectivity index (χ4v) is 1.84. The van der Waals surface area contributed by atoms with Gasteiger partial charge in [-0.05, 0) is 29.6 Å². The van der Waals surface area contributed by atoms with Crippen LogP contribution in [0, 0.1) is 6.92 Å². The molecule has 4 nitrogen and oxygen atoms in total. The van der Waals surface area contributed by atoms with Crippen LogP contribution in [0.5, 0.6) is 0 Å². The lowest BCUT2D eigenvalue weighted by Crippen LogP contribution is -2.00. The number of rotatable bonds is 4. The minimum absolute atomic E-state index is 0.486. The van der Waals surface area contributed by atoms with Crippen LogP contribution in [-0.2, 0) is 6.54 Å². The highest BCUT2D eigenvalue weighted by Gasteiger charge is 2.03. The summed E-state index contributed by atoms with van der Waals surface area (Å²) in [6.45, 7) is 3.27. The van der Waals surface area contributed by atoms with Crippen molar-refractivity contribution in [3.63, 3.8) is 0 Å². The third-order valence-corrected chi connectivity index (χ3v) is 2.72. The molecule has 2 aromatic rings. The Balaban J connectivity index is 2.21. The van der Waals surface area contributed by atoms with Gasteiger partial charge in [-0.25, -0.2) is 0 Å². The van der Waals surface area contributed by atoms with Crippen molar-refractivity contribution >= 4 is 0 Å². The number of benzene rings is 1. The average Bonchev–Trinajstić information content (AvgIpc) is 2.73. The first-order valence-corrected chi connectivity index (χ1v) is 5.54. The first kappa shape index (κ1) is 11.3. The highest BCUT2D eigenvalue weighted by atomic mass is 15.1. The summed E-state index contributed by atoms with van der Waals surface area (Å²) in [5.41, 5.74) is 11.8. The van der Waals surface area contributed by atoms with Crippen molar-refractivity contribution in [2.24, 2.45) is 5.11 Å². The second kappa shape index (κ2) is 5.23. The van der Waals surface area contributed by atoms with E-state index in [1.165, 1.54) is 16.8 Å². The van der Waals surface area contributed by atoms with E-state index in [0.717, 1.165) is 6.54 Å². The van der Waals surface area contributed by atoms with Crippen LogP contribution < -0.4 is 0 Å². The molecule has 0 aliphatic heterocycles. The van der Waals surface area contributed by atoms with Gasteiger partial charge in [0.2, 0.25) is 0 Å². The van der Waals surface area contributed by atoms with Gasteiger partial charge < -0.3 is 4.57 Å². The van der Waals surface area contributed by atoms with Gasteiger partial charge in [-0.2, -0.15) is 0 Å². The van der Waals surface area contributed by atoms with E-state index in [2.05, 4.69) is 45.9 Å². The normalized spacial score (nSPS) is 9.94. The summed E-state index contributed by atoms with van der Waals surface area (Å²) in [5.74, 6) is 0. The lowest BCUT2D eigenvalue weighted by atomic mass is 10.1. The third-order valence-electron chi connectivity index (χ3n) is 2.72. The van der Waals surface area contributed by atoms with Crippen LogP contribution in [0.25, 0.3) is 21.6 Å². The molecule has 0 radical (unpaired) electrons. The summed E-state index contributed by atoms with van der Waals surface area (Å²) in [4.78, 5) is 2.76. The fraction of sp³-hybridized carbons (Fsp3) is 0.231. The fourth-order valence-electron chi connectivity index (χ4n) is 1.84. The van der Waals surface area contributed by atoms with Crippen LogP contribution in [0.4, 0.5) is 0 Å². The van der Waals surface area contributed by atoms with E-state index < -0.39 is 0 Å². The van der Waals surface area contributed by atoms with Crippen LogP contribution in [-0.4, -0.2) is 11.1 Å². The Morgan fingerprint density at radius 3 is 2.71 bits per heavy atom. The van der Waals surface area contributed by atoms with E-state index >= 15 is 0 Å². The Morgan fingerprint density at radius 1 is 1.24 bits per heavy atom. The van der Waals surface area contributed by atoms with E-state index in [0.29, 0.717) is 6.54 Å². The average molecular weight is 226 g/mol. The first-order chi connectivity index (χ1) is 8.31. The van der Waals surface area contributed by atoms with Crippen molar-refractivity contribution < 1.29 is 0 Å². The van der Waals surface area contributed by atoms with Crippen LogP contribution in [0.1, 0.15) is 5.69 Å². The maximum absolute atomic E-state index is 8.25. The van der Waals surface area contributed by atoms with Gasteiger partial charge in [0.25, 0.3) is 0 Å². The molecule has 1 heterocycles. The van der Waals surface area contributed by atoms with Gasteiger partial charge in [-0.3, -0.25) is 0 Å². The van der Waals surface area contributed by atoms with E-state index in [4.69, 9.17) is 5.53 Å². The van der Waals surface area contributed by atoms with Crippen molar-refractivity contribution in [2.45, 2.75) is 13.5 Å².